The topological polar surface area (TPSA) is 54.9 Å². The van der Waals surface area contributed by atoms with Crippen LogP contribution in [0.5, 0.6) is 0 Å². The number of halogens is 1. The summed E-state index contributed by atoms with van der Waals surface area (Å²) < 4.78 is 17.0. The third-order valence-electron chi connectivity index (χ3n) is 3.11. The molecule has 0 aliphatic rings. The van der Waals surface area contributed by atoms with Crippen LogP contribution in [0.4, 0.5) is 9.52 Å². The van der Waals surface area contributed by atoms with E-state index < -0.39 is 0 Å². The van der Waals surface area contributed by atoms with Crippen LogP contribution in [0, 0.1) is 11.7 Å². The number of anilines is 1. The van der Waals surface area contributed by atoms with Gasteiger partial charge in [0.15, 0.2) is 5.82 Å². The fourth-order valence-electron chi connectivity index (χ4n) is 1.86. The highest BCUT2D eigenvalue weighted by atomic mass is 32.1. The van der Waals surface area contributed by atoms with Crippen molar-refractivity contribution >= 4 is 22.6 Å². The normalized spacial score (nSPS) is 10.8. The van der Waals surface area contributed by atoms with E-state index in [-0.39, 0.29) is 17.6 Å². The lowest BCUT2D eigenvalue weighted by molar-refractivity contribution is -0.120. The first kappa shape index (κ1) is 14.6. The van der Waals surface area contributed by atoms with Crippen LogP contribution in [0.3, 0.4) is 0 Å². The van der Waals surface area contributed by atoms with E-state index in [0.29, 0.717) is 11.0 Å². The molecule has 0 radical (unpaired) electrons. The third-order valence-corrected chi connectivity index (χ3v) is 3.75. The van der Waals surface area contributed by atoms with Crippen LogP contribution in [-0.2, 0) is 4.79 Å². The Morgan fingerprint density at radius 3 is 2.55 bits per heavy atom. The van der Waals surface area contributed by atoms with E-state index in [4.69, 9.17) is 0 Å². The van der Waals surface area contributed by atoms with E-state index in [9.17, 15) is 9.18 Å². The molecule has 6 heteroatoms. The molecule has 1 aromatic heterocycles. The number of hydrogen-bond acceptors (Lipinski definition) is 4. The van der Waals surface area contributed by atoms with Gasteiger partial charge in [0.25, 0.3) is 0 Å². The molecule has 0 unspecified atom stereocenters. The first-order valence-corrected chi connectivity index (χ1v) is 7.31. The van der Waals surface area contributed by atoms with Gasteiger partial charge in [0, 0.05) is 23.0 Å². The minimum Gasteiger partial charge on any atom is -0.300 e. The van der Waals surface area contributed by atoms with Crippen molar-refractivity contribution < 1.29 is 9.18 Å². The maximum Gasteiger partial charge on any atom is 0.229 e. The van der Waals surface area contributed by atoms with Crippen molar-refractivity contribution in [3.63, 3.8) is 0 Å². The molecule has 1 heterocycles. The summed E-state index contributed by atoms with van der Waals surface area (Å²) in [6, 6.07) is 5.95. The van der Waals surface area contributed by atoms with Crippen LogP contribution in [0.1, 0.15) is 26.7 Å². The van der Waals surface area contributed by atoms with Gasteiger partial charge in [-0.1, -0.05) is 13.8 Å². The van der Waals surface area contributed by atoms with Crippen molar-refractivity contribution in [2.45, 2.75) is 26.7 Å². The van der Waals surface area contributed by atoms with E-state index in [2.05, 4.69) is 14.7 Å². The Hall–Kier alpha value is -1.82. The van der Waals surface area contributed by atoms with Crippen molar-refractivity contribution in [1.29, 1.82) is 0 Å². The summed E-state index contributed by atoms with van der Waals surface area (Å²) in [6.45, 7) is 3.97. The SMILES string of the molecule is CCC(CC)C(=O)Nc1nc(-c2ccc(F)cc2)ns1. The van der Waals surface area contributed by atoms with E-state index in [1.807, 2.05) is 13.8 Å². The van der Waals surface area contributed by atoms with Gasteiger partial charge in [-0.25, -0.2) is 4.39 Å². The van der Waals surface area contributed by atoms with E-state index in [1.54, 1.807) is 12.1 Å². The summed E-state index contributed by atoms with van der Waals surface area (Å²) in [7, 11) is 0. The molecular weight excluding hydrogens is 277 g/mol. The summed E-state index contributed by atoms with van der Waals surface area (Å²) >= 11 is 1.13. The molecule has 0 fully saturated rings. The van der Waals surface area contributed by atoms with Crippen LogP contribution in [-0.4, -0.2) is 15.3 Å². The molecule has 0 aliphatic heterocycles. The Morgan fingerprint density at radius 2 is 1.95 bits per heavy atom. The van der Waals surface area contributed by atoms with Gasteiger partial charge < -0.3 is 5.32 Å². The van der Waals surface area contributed by atoms with Gasteiger partial charge in [-0.2, -0.15) is 9.36 Å². The predicted octanol–water partition coefficient (Wildman–Crippen LogP) is 3.72. The lowest BCUT2D eigenvalue weighted by Crippen LogP contribution is -2.21. The van der Waals surface area contributed by atoms with Gasteiger partial charge in [0.05, 0.1) is 0 Å². The number of amides is 1. The highest BCUT2D eigenvalue weighted by molar-refractivity contribution is 7.10. The second-order valence-corrected chi connectivity index (χ2v) is 5.18. The summed E-state index contributed by atoms with van der Waals surface area (Å²) in [6.07, 6.45) is 1.60. The summed E-state index contributed by atoms with van der Waals surface area (Å²) in [5.41, 5.74) is 0.727. The lowest BCUT2D eigenvalue weighted by atomic mass is 10.0. The van der Waals surface area contributed by atoms with Gasteiger partial charge >= 0.3 is 0 Å². The quantitative estimate of drug-likeness (QED) is 0.914. The van der Waals surface area contributed by atoms with Gasteiger partial charge in [0.1, 0.15) is 5.82 Å². The zero-order valence-corrected chi connectivity index (χ0v) is 12.2. The largest absolute Gasteiger partial charge is 0.300 e. The van der Waals surface area contributed by atoms with E-state index in [1.165, 1.54) is 12.1 Å². The molecule has 20 heavy (non-hydrogen) atoms. The molecule has 1 N–H and O–H groups in total. The smallest absolute Gasteiger partial charge is 0.229 e. The standard InChI is InChI=1S/C14H16FN3OS/c1-3-9(4-2)13(19)17-14-16-12(18-20-14)10-5-7-11(15)8-6-10/h5-9H,3-4H2,1-2H3,(H,16,17,18,19). The molecule has 0 saturated heterocycles. The monoisotopic (exact) mass is 293 g/mol. The molecule has 4 nitrogen and oxygen atoms in total. The fraction of sp³-hybridized carbons (Fsp3) is 0.357. The van der Waals surface area contributed by atoms with E-state index >= 15 is 0 Å². The molecule has 0 bridgehead atoms. The summed E-state index contributed by atoms with van der Waals surface area (Å²) in [5, 5.41) is 3.25. The van der Waals surface area contributed by atoms with Gasteiger partial charge in [-0.3, -0.25) is 4.79 Å². The van der Waals surface area contributed by atoms with Crippen LogP contribution in [0.15, 0.2) is 24.3 Å². The van der Waals surface area contributed by atoms with E-state index in [0.717, 1.165) is 29.9 Å². The second kappa shape index (κ2) is 6.56. The Morgan fingerprint density at radius 1 is 1.30 bits per heavy atom. The fourth-order valence-corrected chi connectivity index (χ4v) is 2.45. The molecular formula is C14H16FN3OS. The minimum atomic E-state index is -0.300. The molecule has 0 spiro atoms. The van der Waals surface area contributed by atoms with Crippen LogP contribution in [0.2, 0.25) is 0 Å². The Balaban J connectivity index is 2.09. The van der Waals surface area contributed by atoms with Crippen LogP contribution >= 0.6 is 11.5 Å². The number of hydrogen-bond donors (Lipinski definition) is 1. The molecule has 0 saturated carbocycles. The molecule has 1 aromatic carbocycles. The van der Waals surface area contributed by atoms with Crippen molar-refractivity contribution in [2.24, 2.45) is 5.92 Å². The number of nitrogens with zero attached hydrogens (tertiary/aromatic N) is 2. The molecule has 106 valence electrons. The first-order chi connectivity index (χ1) is 9.63. The number of carbonyl (C=O) groups excluding carboxylic acids is 1. The number of aromatic nitrogens is 2. The number of benzene rings is 1. The third kappa shape index (κ3) is 3.39. The summed E-state index contributed by atoms with van der Waals surface area (Å²) in [4.78, 5) is 16.2. The van der Waals surface area contributed by atoms with Crippen molar-refractivity contribution in [2.75, 3.05) is 5.32 Å². The number of rotatable bonds is 5. The van der Waals surface area contributed by atoms with Gasteiger partial charge in [-0.15, -0.1) is 0 Å². The molecule has 0 atom stereocenters. The minimum absolute atomic E-state index is 0.00632. The maximum absolute atomic E-state index is 12.9. The highest BCUT2D eigenvalue weighted by Crippen LogP contribution is 2.22. The summed E-state index contributed by atoms with van der Waals surface area (Å²) in [5.74, 6) is 0.158. The highest BCUT2D eigenvalue weighted by Gasteiger charge is 2.16. The Labute approximate surface area is 121 Å². The van der Waals surface area contributed by atoms with Gasteiger partial charge in [-0.05, 0) is 37.1 Å². The van der Waals surface area contributed by atoms with Crippen LogP contribution < -0.4 is 5.32 Å². The number of nitrogens with one attached hydrogen (secondary N) is 1. The van der Waals surface area contributed by atoms with Gasteiger partial charge in [0.2, 0.25) is 11.0 Å². The molecule has 1 amide bonds. The average Bonchev–Trinajstić information content (AvgIpc) is 2.89. The average molecular weight is 293 g/mol. The van der Waals surface area contributed by atoms with Crippen molar-refractivity contribution in [1.82, 2.24) is 9.36 Å². The zero-order valence-electron chi connectivity index (χ0n) is 11.4. The molecule has 0 aliphatic carbocycles. The Bertz CT molecular complexity index is 578. The first-order valence-electron chi connectivity index (χ1n) is 6.54. The predicted molar refractivity (Wildman–Crippen MR) is 78.0 cm³/mol. The second-order valence-electron chi connectivity index (χ2n) is 4.43. The molecule has 2 rings (SSSR count). The zero-order chi connectivity index (χ0) is 14.5. The number of carbonyl (C=O) groups is 1. The lowest BCUT2D eigenvalue weighted by Gasteiger charge is -2.10. The van der Waals surface area contributed by atoms with Crippen molar-refractivity contribution in [3.05, 3.63) is 30.1 Å². The van der Waals surface area contributed by atoms with Crippen LogP contribution in [0.25, 0.3) is 11.4 Å². The Kier molecular flexibility index (Phi) is 4.79. The maximum atomic E-state index is 12.9. The van der Waals surface area contributed by atoms with Crippen molar-refractivity contribution in [3.8, 4) is 11.4 Å². The molecule has 2 aromatic rings.